The first-order valence-corrected chi connectivity index (χ1v) is 4.09. The molecule has 5 heteroatoms. The number of aromatic nitrogens is 2. The van der Waals surface area contributed by atoms with E-state index in [1.165, 1.54) is 4.57 Å². The van der Waals surface area contributed by atoms with Crippen LogP contribution in [0.25, 0.3) is 6.08 Å². The number of fused-ring (bicyclic) bond motifs is 1. The summed E-state index contributed by atoms with van der Waals surface area (Å²) in [5, 5.41) is 0.777. The average Bonchev–Trinajstić information content (AvgIpc) is 2.31. The predicted molar refractivity (Wildman–Crippen MR) is 45.5 cm³/mol. The second-order valence-corrected chi connectivity index (χ2v) is 3.23. The molecule has 0 spiro atoms. The van der Waals surface area contributed by atoms with E-state index in [2.05, 4.69) is 9.98 Å². The smallest absolute Gasteiger partial charge is 0.304 e. The molecule has 2 rings (SSSR count). The molecule has 0 amide bonds. The molecule has 12 heavy (non-hydrogen) atoms. The lowest BCUT2D eigenvalue weighted by molar-refractivity contribution is 0.764. The van der Waals surface area contributed by atoms with Crippen LogP contribution in [-0.2, 0) is 7.05 Å². The summed E-state index contributed by atoms with van der Waals surface area (Å²) in [5.41, 5.74) is 0.260. The van der Waals surface area contributed by atoms with Gasteiger partial charge in [-0.3, -0.25) is 4.57 Å². The number of nitrogens with one attached hydrogen (secondary N) is 1. The van der Waals surface area contributed by atoms with Gasteiger partial charge >= 0.3 is 5.69 Å². The van der Waals surface area contributed by atoms with Crippen molar-refractivity contribution in [2.24, 2.45) is 12.0 Å². The molecule has 0 fully saturated rings. The molecule has 1 aliphatic heterocycles. The standard InChI is InChI=1S/C7H8ClN3O/c1-11-6-4(9-7(11)12)2-3-5(8)10-6/h2,5H,3H2,1H3,(H,9,12). The van der Waals surface area contributed by atoms with Gasteiger partial charge in [0, 0.05) is 13.5 Å². The molecule has 64 valence electrons. The lowest BCUT2D eigenvalue weighted by Gasteiger charge is -2.01. The molecule has 1 atom stereocenters. The molecule has 0 aliphatic carbocycles. The van der Waals surface area contributed by atoms with Crippen LogP contribution in [0.1, 0.15) is 6.42 Å². The summed E-state index contributed by atoms with van der Waals surface area (Å²) in [6.45, 7) is 0. The van der Waals surface area contributed by atoms with Gasteiger partial charge in [0.05, 0.1) is 5.35 Å². The predicted octanol–water partition coefficient (Wildman–Crippen LogP) is -0.918. The first-order valence-electron chi connectivity index (χ1n) is 3.65. The molecule has 0 radical (unpaired) electrons. The number of nitrogens with zero attached hydrogens (tertiary/aromatic N) is 2. The number of hydrogen-bond acceptors (Lipinski definition) is 2. The van der Waals surface area contributed by atoms with Gasteiger partial charge < -0.3 is 4.98 Å². The normalized spacial score (nSPS) is 21.0. The molecule has 1 aromatic rings. The Morgan fingerprint density at radius 3 is 3.33 bits per heavy atom. The second kappa shape index (κ2) is 2.48. The van der Waals surface area contributed by atoms with Gasteiger partial charge in [-0.25, -0.2) is 9.79 Å². The fourth-order valence-corrected chi connectivity index (χ4v) is 1.41. The van der Waals surface area contributed by atoms with Crippen LogP contribution in [0.3, 0.4) is 0 Å². The molecule has 4 nitrogen and oxygen atoms in total. The number of alkyl halides is 1. The minimum absolute atomic E-state index is 0.147. The van der Waals surface area contributed by atoms with E-state index in [0.29, 0.717) is 11.9 Å². The SMILES string of the molecule is Cn1c(=O)[nH]c2c1=NC(Cl)CC=2. The molecule has 0 aromatic carbocycles. The molecule has 2 heterocycles. The minimum atomic E-state index is -0.237. The van der Waals surface area contributed by atoms with E-state index in [4.69, 9.17) is 11.6 Å². The lowest BCUT2D eigenvalue weighted by atomic mass is 10.3. The van der Waals surface area contributed by atoms with Gasteiger partial charge in [0.2, 0.25) is 0 Å². The van der Waals surface area contributed by atoms with E-state index in [0.717, 1.165) is 5.35 Å². The van der Waals surface area contributed by atoms with E-state index in [1.807, 2.05) is 6.08 Å². The summed E-state index contributed by atoms with van der Waals surface area (Å²) in [5.74, 6) is 0. The van der Waals surface area contributed by atoms with Crippen molar-refractivity contribution in [1.29, 1.82) is 0 Å². The number of halogens is 1. The van der Waals surface area contributed by atoms with Gasteiger partial charge in [0.1, 0.15) is 5.50 Å². The van der Waals surface area contributed by atoms with Crippen LogP contribution in [0.15, 0.2) is 9.79 Å². The maximum Gasteiger partial charge on any atom is 0.327 e. The zero-order valence-electron chi connectivity index (χ0n) is 6.54. The molecule has 0 saturated carbocycles. The number of H-pyrrole nitrogens is 1. The fraction of sp³-hybridized carbons (Fsp3) is 0.429. The average molecular weight is 186 g/mol. The number of imidazole rings is 1. The summed E-state index contributed by atoms with van der Waals surface area (Å²) in [6, 6.07) is 0. The Hall–Kier alpha value is -1.03. The van der Waals surface area contributed by atoms with E-state index in [-0.39, 0.29) is 11.2 Å². The highest BCUT2D eigenvalue weighted by Crippen LogP contribution is 2.03. The number of rotatable bonds is 0. The van der Waals surface area contributed by atoms with Gasteiger partial charge in [-0.2, -0.15) is 0 Å². The van der Waals surface area contributed by atoms with E-state index in [1.54, 1.807) is 7.05 Å². The quantitative estimate of drug-likeness (QED) is 0.413. The van der Waals surface area contributed by atoms with Gasteiger partial charge in [-0.15, -0.1) is 0 Å². The lowest BCUT2D eigenvalue weighted by Crippen LogP contribution is -2.34. The largest absolute Gasteiger partial charge is 0.327 e. The highest BCUT2D eigenvalue weighted by Gasteiger charge is 2.08. The number of aromatic amines is 1. The molecule has 0 bridgehead atoms. The van der Waals surface area contributed by atoms with Gasteiger partial charge in [0.25, 0.3) is 0 Å². The monoisotopic (exact) mass is 185 g/mol. The summed E-state index contributed by atoms with van der Waals surface area (Å²) >= 11 is 5.80. The summed E-state index contributed by atoms with van der Waals surface area (Å²) in [6.07, 6.45) is 2.57. The van der Waals surface area contributed by atoms with Crippen LogP contribution in [0, 0.1) is 0 Å². The minimum Gasteiger partial charge on any atom is -0.304 e. The van der Waals surface area contributed by atoms with Crippen molar-refractivity contribution >= 4 is 17.7 Å². The van der Waals surface area contributed by atoms with Crippen LogP contribution in [0.2, 0.25) is 0 Å². The van der Waals surface area contributed by atoms with Crippen molar-refractivity contribution < 1.29 is 0 Å². The summed E-state index contributed by atoms with van der Waals surface area (Å²) in [4.78, 5) is 17.9. The van der Waals surface area contributed by atoms with Crippen molar-refractivity contribution in [3.63, 3.8) is 0 Å². The molecular weight excluding hydrogens is 178 g/mol. The zero-order chi connectivity index (χ0) is 8.72. The van der Waals surface area contributed by atoms with E-state index >= 15 is 0 Å². The van der Waals surface area contributed by atoms with Crippen LogP contribution >= 0.6 is 11.6 Å². The zero-order valence-corrected chi connectivity index (χ0v) is 7.30. The second-order valence-electron chi connectivity index (χ2n) is 2.73. The number of hydrogen-bond donors (Lipinski definition) is 1. The maximum atomic E-state index is 11.1. The van der Waals surface area contributed by atoms with Crippen LogP contribution in [0.5, 0.6) is 0 Å². The van der Waals surface area contributed by atoms with Crippen LogP contribution in [0.4, 0.5) is 0 Å². The highest BCUT2D eigenvalue weighted by atomic mass is 35.5. The van der Waals surface area contributed by atoms with Gasteiger partial charge in [0.15, 0.2) is 5.49 Å². The first kappa shape index (κ1) is 7.61. The highest BCUT2D eigenvalue weighted by molar-refractivity contribution is 6.20. The molecular formula is C7H8ClN3O. The van der Waals surface area contributed by atoms with Crippen molar-refractivity contribution in [2.45, 2.75) is 11.9 Å². The Balaban J connectivity index is 2.90. The Morgan fingerprint density at radius 2 is 2.58 bits per heavy atom. The third-order valence-electron chi connectivity index (χ3n) is 1.88. The Labute approximate surface area is 73.2 Å². The van der Waals surface area contributed by atoms with Gasteiger partial charge in [-0.1, -0.05) is 17.7 Å². The molecule has 1 aromatic heterocycles. The summed E-state index contributed by atoms with van der Waals surface area (Å²) < 4.78 is 1.46. The molecule has 1 unspecified atom stereocenters. The maximum absolute atomic E-state index is 11.1. The van der Waals surface area contributed by atoms with Crippen LogP contribution in [-0.4, -0.2) is 15.1 Å². The third kappa shape index (κ3) is 0.992. The summed E-state index contributed by atoms with van der Waals surface area (Å²) in [7, 11) is 1.67. The first-order chi connectivity index (χ1) is 5.68. The molecule has 0 saturated heterocycles. The van der Waals surface area contributed by atoms with E-state index in [9.17, 15) is 4.79 Å². The Bertz CT molecular complexity index is 470. The Kier molecular flexibility index (Phi) is 1.58. The topological polar surface area (TPSA) is 50.1 Å². The fourth-order valence-electron chi connectivity index (χ4n) is 1.23. The van der Waals surface area contributed by atoms with Gasteiger partial charge in [-0.05, 0) is 0 Å². The Morgan fingerprint density at radius 1 is 1.83 bits per heavy atom. The molecule has 1 aliphatic rings. The van der Waals surface area contributed by atoms with Crippen molar-refractivity contribution in [1.82, 2.24) is 9.55 Å². The van der Waals surface area contributed by atoms with Crippen LogP contribution < -0.4 is 16.5 Å². The third-order valence-corrected chi connectivity index (χ3v) is 2.16. The molecule has 1 N–H and O–H groups in total. The van der Waals surface area contributed by atoms with Crippen molar-refractivity contribution in [2.75, 3.05) is 0 Å². The van der Waals surface area contributed by atoms with Crippen molar-refractivity contribution in [3.05, 3.63) is 21.3 Å². The van der Waals surface area contributed by atoms with Crippen molar-refractivity contribution in [3.8, 4) is 0 Å². The van der Waals surface area contributed by atoms with E-state index < -0.39 is 0 Å².